The monoisotopic (exact) mass is 330 g/mol. The molecule has 6 heteroatoms. The van der Waals surface area contributed by atoms with Gasteiger partial charge in [-0.15, -0.1) is 0 Å². The van der Waals surface area contributed by atoms with E-state index in [0.717, 1.165) is 22.1 Å². The number of aromatic nitrogens is 4. The van der Waals surface area contributed by atoms with Crippen LogP contribution in [-0.2, 0) is 6.42 Å². The van der Waals surface area contributed by atoms with E-state index in [1.165, 1.54) is 10.2 Å². The van der Waals surface area contributed by atoms with Crippen molar-refractivity contribution in [1.82, 2.24) is 20.2 Å². The molecule has 0 spiro atoms. The fourth-order valence-corrected chi connectivity index (χ4v) is 2.41. The summed E-state index contributed by atoms with van der Waals surface area (Å²) in [6.07, 6.45) is 2.08. The van der Waals surface area contributed by atoms with Crippen molar-refractivity contribution in [1.29, 1.82) is 0 Å². The maximum Gasteiger partial charge on any atom is 0.365 e. The van der Waals surface area contributed by atoms with Crippen LogP contribution in [0.15, 0.2) is 23.0 Å². The van der Waals surface area contributed by atoms with Crippen molar-refractivity contribution >= 4 is 22.6 Å². The second-order valence-electron chi connectivity index (χ2n) is 3.42. The molecule has 2 aromatic rings. The number of tetrazole rings is 1. The third-order valence-corrected chi connectivity index (χ3v) is 3.52. The maximum atomic E-state index is 11.4. The number of halogens is 1. The zero-order chi connectivity index (χ0) is 11.5. The highest BCUT2D eigenvalue weighted by Crippen LogP contribution is 2.20. The first kappa shape index (κ1) is 11.3. The van der Waals surface area contributed by atoms with E-state index in [9.17, 15) is 4.79 Å². The lowest BCUT2D eigenvalue weighted by Gasteiger charge is -2.07. The second-order valence-corrected chi connectivity index (χ2v) is 4.50. The van der Waals surface area contributed by atoms with Crippen molar-refractivity contribution in [3.63, 3.8) is 0 Å². The van der Waals surface area contributed by atoms with Crippen molar-refractivity contribution in [2.24, 2.45) is 0 Å². The van der Waals surface area contributed by atoms with E-state index < -0.39 is 0 Å². The van der Waals surface area contributed by atoms with Crippen LogP contribution in [0.1, 0.15) is 18.9 Å². The molecule has 16 heavy (non-hydrogen) atoms. The number of H-pyrrole nitrogens is 1. The third-order valence-electron chi connectivity index (χ3n) is 2.28. The van der Waals surface area contributed by atoms with Crippen molar-refractivity contribution in [2.75, 3.05) is 0 Å². The van der Waals surface area contributed by atoms with Crippen LogP contribution < -0.4 is 5.69 Å². The molecule has 2 rings (SSSR count). The fourth-order valence-electron chi connectivity index (χ4n) is 1.55. The highest BCUT2D eigenvalue weighted by Gasteiger charge is 2.09. The summed E-state index contributed by atoms with van der Waals surface area (Å²) in [5.41, 5.74) is 1.70. The number of rotatable bonds is 3. The lowest BCUT2D eigenvalue weighted by molar-refractivity contribution is 0.773. The maximum absolute atomic E-state index is 11.4. The zero-order valence-corrected chi connectivity index (χ0v) is 10.9. The highest BCUT2D eigenvalue weighted by molar-refractivity contribution is 14.1. The Morgan fingerprint density at radius 1 is 1.50 bits per heavy atom. The van der Waals surface area contributed by atoms with Gasteiger partial charge in [0.2, 0.25) is 0 Å². The van der Waals surface area contributed by atoms with Crippen LogP contribution in [0.25, 0.3) is 5.69 Å². The molecule has 1 aromatic carbocycles. The van der Waals surface area contributed by atoms with E-state index in [1.807, 2.05) is 12.1 Å². The molecular formula is C10H11IN4O. The average molecular weight is 330 g/mol. The molecule has 0 aliphatic heterocycles. The first-order chi connectivity index (χ1) is 7.74. The topological polar surface area (TPSA) is 63.6 Å². The van der Waals surface area contributed by atoms with E-state index in [0.29, 0.717) is 0 Å². The van der Waals surface area contributed by atoms with Gasteiger partial charge >= 0.3 is 5.69 Å². The Morgan fingerprint density at radius 2 is 2.31 bits per heavy atom. The number of hydrogen-bond donors (Lipinski definition) is 1. The lowest BCUT2D eigenvalue weighted by atomic mass is 10.1. The smallest absolute Gasteiger partial charge is 0.244 e. The van der Waals surface area contributed by atoms with Crippen LogP contribution in [0.2, 0.25) is 0 Å². The molecule has 0 bridgehead atoms. The van der Waals surface area contributed by atoms with E-state index in [1.54, 1.807) is 0 Å². The predicted molar refractivity (Wildman–Crippen MR) is 68.7 cm³/mol. The third kappa shape index (κ3) is 2.01. The second kappa shape index (κ2) is 4.77. The summed E-state index contributed by atoms with van der Waals surface area (Å²) in [5.74, 6) is 0. The number of nitrogens with zero attached hydrogens (tertiary/aromatic N) is 3. The van der Waals surface area contributed by atoms with Gasteiger partial charge in [0.25, 0.3) is 0 Å². The largest absolute Gasteiger partial charge is 0.365 e. The van der Waals surface area contributed by atoms with Gasteiger partial charge in [-0.1, -0.05) is 25.5 Å². The lowest BCUT2D eigenvalue weighted by Crippen LogP contribution is -2.17. The van der Waals surface area contributed by atoms with Gasteiger partial charge in [-0.2, -0.15) is 4.68 Å². The summed E-state index contributed by atoms with van der Waals surface area (Å²) in [7, 11) is 0. The van der Waals surface area contributed by atoms with Crippen LogP contribution in [0, 0.1) is 3.57 Å². The van der Waals surface area contributed by atoms with Crippen LogP contribution >= 0.6 is 22.6 Å². The van der Waals surface area contributed by atoms with Crippen LogP contribution in [-0.4, -0.2) is 20.2 Å². The Balaban J connectivity index is 2.54. The Hall–Kier alpha value is -1.18. The SMILES string of the molecule is CCCc1cccc(-n2nn[nH]c2=O)c1I. The molecule has 0 saturated heterocycles. The summed E-state index contributed by atoms with van der Waals surface area (Å²) >= 11 is 2.24. The molecule has 0 aliphatic carbocycles. The summed E-state index contributed by atoms with van der Waals surface area (Å²) in [5, 5.41) is 9.52. The minimum atomic E-state index is -0.313. The van der Waals surface area contributed by atoms with E-state index in [2.05, 4.69) is 51.1 Å². The first-order valence-electron chi connectivity index (χ1n) is 5.02. The van der Waals surface area contributed by atoms with Gasteiger partial charge in [-0.05, 0) is 51.1 Å². The molecule has 0 saturated carbocycles. The predicted octanol–water partition coefficient (Wildman–Crippen LogP) is 1.51. The molecule has 0 aliphatic rings. The molecule has 1 N–H and O–H groups in total. The van der Waals surface area contributed by atoms with Gasteiger partial charge in [0.15, 0.2) is 0 Å². The van der Waals surface area contributed by atoms with Crippen molar-refractivity contribution in [2.45, 2.75) is 19.8 Å². The van der Waals surface area contributed by atoms with Crippen LogP contribution in [0.3, 0.4) is 0 Å². The summed E-state index contributed by atoms with van der Waals surface area (Å²) in [6, 6.07) is 5.87. The van der Waals surface area contributed by atoms with Gasteiger partial charge in [-0.25, -0.2) is 9.89 Å². The summed E-state index contributed by atoms with van der Waals surface area (Å²) in [6.45, 7) is 2.13. The molecule has 84 valence electrons. The average Bonchev–Trinajstić information content (AvgIpc) is 2.68. The van der Waals surface area contributed by atoms with Crippen molar-refractivity contribution in [3.05, 3.63) is 37.8 Å². The molecule has 0 amide bonds. The minimum absolute atomic E-state index is 0.313. The number of nitrogens with one attached hydrogen (secondary N) is 1. The standard InChI is InChI=1S/C10H11IN4O/c1-2-4-7-5-3-6-8(9(7)11)15-10(16)12-13-14-15/h3,5-6H,2,4H2,1H3,(H,12,14,16). The van der Waals surface area contributed by atoms with Crippen molar-refractivity contribution in [3.8, 4) is 5.69 Å². The fraction of sp³-hybridized carbons (Fsp3) is 0.300. The molecular weight excluding hydrogens is 319 g/mol. The van der Waals surface area contributed by atoms with Crippen LogP contribution in [0.4, 0.5) is 0 Å². The molecule has 0 atom stereocenters. The van der Waals surface area contributed by atoms with Gasteiger partial charge in [0, 0.05) is 3.57 Å². The number of hydrogen-bond acceptors (Lipinski definition) is 3. The number of benzene rings is 1. The van der Waals surface area contributed by atoms with Gasteiger partial charge in [-0.3, -0.25) is 0 Å². The Labute approximate surface area is 106 Å². The number of aromatic amines is 1. The van der Waals surface area contributed by atoms with E-state index in [4.69, 9.17) is 0 Å². The Bertz CT molecular complexity index is 546. The van der Waals surface area contributed by atoms with Gasteiger partial charge in [0.05, 0.1) is 5.69 Å². The molecule has 1 aromatic heterocycles. The minimum Gasteiger partial charge on any atom is -0.244 e. The number of aryl methyl sites for hydroxylation is 1. The van der Waals surface area contributed by atoms with E-state index in [-0.39, 0.29) is 5.69 Å². The zero-order valence-electron chi connectivity index (χ0n) is 8.77. The molecule has 1 heterocycles. The first-order valence-corrected chi connectivity index (χ1v) is 6.10. The highest BCUT2D eigenvalue weighted by atomic mass is 127. The Morgan fingerprint density at radius 3 is 2.94 bits per heavy atom. The molecule has 0 fully saturated rings. The summed E-state index contributed by atoms with van der Waals surface area (Å²) < 4.78 is 2.33. The van der Waals surface area contributed by atoms with Crippen LogP contribution in [0.5, 0.6) is 0 Å². The normalized spacial score (nSPS) is 10.6. The molecule has 0 radical (unpaired) electrons. The molecule has 5 nitrogen and oxygen atoms in total. The summed E-state index contributed by atoms with van der Waals surface area (Å²) in [4.78, 5) is 11.4. The van der Waals surface area contributed by atoms with Crippen molar-refractivity contribution < 1.29 is 0 Å². The quantitative estimate of drug-likeness (QED) is 0.868. The van der Waals surface area contributed by atoms with Gasteiger partial charge in [0.1, 0.15) is 0 Å². The van der Waals surface area contributed by atoms with E-state index >= 15 is 0 Å². The molecule has 0 unspecified atom stereocenters. The Kier molecular flexibility index (Phi) is 3.37. The van der Waals surface area contributed by atoms with Gasteiger partial charge < -0.3 is 0 Å².